The third-order valence-electron chi connectivity index (χ3n) is 4.11. The van der Waals surface area contributed by atoms with E-state index in [1.165, 1.54) is 0 Å². The molecule has 0 radical (unpaired) electrons. The van der Waals surface area contributed by atoms with Crippen molar-refractivity contribution in [3.05, 3.63) is 24.3 Å². The first-order valence-electron chi connectivity index (χ1n) is 8.48. The van der Waals surface area contributed by atoms with Crippen molar-refractivity contribution in [1.82, 2.24) is 10.2 Å². The normalized spacial score (nSPS) is 17.2. The highest BCUT2D eigenvalue weighted by molar-refractivity contribution is 14.0. The highest BCUT2D eigenvalue weighted by Gasteiger charge is 2.24. The van der Waals surface area contributed by atoms with E-state index < -0.39 is 0 Å². The molecule has 1 aliphatic rings. The Balaban J connectivity index is 0.00000312. The van der Waals surface area contributed by atoms with E-state index in [-0.39, 0.29) is 24.0 Å². The molecular weight excluding hydrogens is 433 g/mol. The van der Waals surface area contributed by atoms with Crippen LogP contribution in [0.2, 0.25) is 0 Å². The average molecular weight is 463 g/mol. The van der Waals surface area contributed by atoms with Crippen molar-refractivity contribution < 1.29 is 14.2 Å². The van der Waals surface area contributed by atoms with E-state index in [2.05, 4.69) is 15.2 Å². The molecule has 0 amide bonds. The molecule has 1 unspecified atom stereocenters. The van der Waals surface area contributed by atoms with Gasteiger partial charge in [-0.25, -0.2) is 0 Å². The van der Waals surface area contributed by atoms with Crippen LogP contribution in [0.3, 0.4) is 0 Å². The average Bonchev–Trinajstić information content (AvgIpc) is 3.07. The second-order valence-electron chi connectivity index (χ2n) is 5.91. The molecule has 1 N–H and O–H groups in total. The lowest BCUT2D eigenvalue weighted by Gasteiger charge is -2.21. The third kappa shape index (κ3) is 7.27. The summed E-state index contributed by atoms with van der Waals surface area (Å²) in [5.74, 6) is 3.21. The Morgan fingerprint density at radius 3 is 2.84 bits per heavy atom. The SMILES string of the molecule is CN=C(NCCCOc1cccc(OC)c1)N1CCC(COC)C1.I. The molecule has 1 aromatic rings. The Kier molecular flexibility index (Phi) is 10.6. The highest BCUT2D eigenvalue weighted by Crippen LogP contribution is 2.19. The van der Waals surface area contributed by atoms with Crippen LogP contribution in [0.15, 0.2) is 29.3 Å². The minimum absolute atomic E-state index is 0. The highest BCUT2D eigenvalue weighted by atomic mass is 127. The van der Waals surface area contributed by atoms with Crippen molar-refractivity contribution in [2.75, 3.05) is 54.1 Å². The number of nitrogens with one attached hydrogen (secondary N) is 1. The number of benzene rings is 1. The number of halogens is 1. The van der Waals surface area contributed by atoms with Crippen LogP contribution in [-0.2, 0) is 4.74 Å². The molecule has 0 bridgehead atoms. The summed E-state index contributed by atoms with van der Waals surface area (Å²) in [5, 5.41) is 3.41. The van der Waals surface area contributed by atoms with Gasteiger partial charge in [0.2, 0.25) is 0 Å². The number of methoxy groups -OCH3 is 2. The maximum atomic E-state index is 5.75. The van der Waals surface area contributed by atoms with E-state index in [0.717, 1.165) is 56.5 Å². The topological polar surface area (TPSA) is 55.3 Å². The van der Waals surface area contributed by atoms with Crippen LogP contribution in [0.4, 0.5) is 0 Å². The first-order chi connectivity index (χ1) is 11.8. The Hall–Kier alpha value is -1.22. The van der Waals surface area contributed by atoms with Crippen LogP contribution in [0.1, 0.15) is 12.8 Å². The first kappa shape index (κ1) is 21.8. The molecule has 0 aliphatic carbocycles. The number of rotatable bonds is 8. The van der Waals surface area contributed by atoms with Crippen molar-refractivity contribution in [2.45, 2.75) is 12.8 Å². The van der Waals surface area contributed by atoms with Crippen molar-refractivity contribution in [3.8, 4) is 11.5 Å². The van der Waals surface area contributed by atoms with Gasteiger partial charge in [-0.3, -0.25) is 4.99 Å². The summed E-state index contributed by atoms with van der Waals surface area (Å²) in [6.45, 7) is 4.36. The Bertz CT molecular complexity index is 528. The van der Waals surface area contributed by atoms with Crippen LogP contribution >= 0.6 is 24.0 Å². The van der Waals surface area contributed by atoms with E-state index in [4.69, 9.17) is 14.2 Å². The molecule has 2 rings (SSSR count). The van der Waals surface area contributed by atoms with Gasteiger partial charge in [0.05, 0.1) is 20.3 Å². The molecule has 6 nitrogen and oxygen atoms in total. The number of aliphatic imine (C=N–C) groups is 1. The number of ether oxygens (including phenoxy) is 3. The predicted octanol–water partition coefficient (Wildman–Crippen LogP) is 2.63. The summed E-state index contributed by atoms with van der Waals surface area (Å²) in [7, 11) is 5.25. The minimum Gasteiger partial charge on any atom is -0.497 e. The summed E-state index contributed by atoms with van der Waals surface area (Å²) < 4.78 is 16.2. The third-order valence-corrected chi connectivity index (χ3v) is 4.11. The Morgan fingerprint density at radius 2 is 2.12 bits per heavy atom. The van der Waals surface area contributed by atoms with Crippen molar-refractivity contribution >= 4 is 29.9 Å². The minimum atomic E-state index is 0. The Labute approximate surface area is 167 Å². The van der Waals surface area contributed by atoms with Gasteiger partial charge in [-0.05, 0) is 25.0 Å². The molecular formula is C18H30IN3O3. The van der Waals surface area contributed by atoms with Crippen molar-refractivity contribution in [3.63, 3.8) is 0 Å². The zero-order valence-electron chi connectivity index (χ0n) is 15.4. The summed E-state index contributed by atoms with van der Waals surface area (Å²) in [6, 6.07) is 7.67. The predicted molar refractivity (Wildman–Crippen MR) is 111 cm³/mol. The van der Waals surface area contributed by atoms with E-state index in [9.17, 15) is 0 Å². The van der Waals surface area contributed by atoms with Crippen LogP contribution in [0.5, 0.6) is 11.5 Å². The standard InChI is InChI=1S/C18H29N3O3.HI/c1-19-18(21-10-8-15(13-21)14-22-2)20-9-5-11-24-17-7-4-6-16(12-17)23-3;/h4,6-7,12,15H,5,8-11,13-14H2,1-3H3,(H,19,20);1H. The number of likely N-dealkylation sites (tertiary alicyclic amines) is 1. The Morgan fingerprint density at radius 1 is 1.32 bits per heavy atom. The second-order valence-corrected chi connectivity index (χ2v) is 5.91. The van der Waals surface area contributed by atoms with Gasteiger partial charge in [0.15, 0.2) is 5.96 Å². The molecule has 1 atom stereocenters. The van der Waals surface area contributed by atoms with Crippen LogP contribution < -0.4 is 14.8 Å². The van der Waals surface area contributed by atoms with Crippen molar-refractivity contribution in [2.24, 2.45) is 10.9 Å². The van der Waals surface area contributed by atoms with E-state index in [1.54, 1.807) is 14.2 Å². The lowest BCUT2D eigenvalue weighted by atomic mass is 10.1. The van der Waals surface area contributed by atoms with Gasteiger partial charge in [0.1, 0.15) is 11.5 Å². The van der Waals surface area contributed by atoms with Crippen LogP contribution in [0, 0.1) is 5.92 Å². The summed E-state index contributed by atoms with van der Waals surface area (Å²) in [5.41, 5.74) is 0. The number of hydrogen-bond acceptors (Lipinski definition) is 4. The molecule has 0 spiro atoms. The van der Waals surface area contributed by atoms with Gasteiger partial charge in [-0.2, -0.15) is 0 Å². The van der Waals surface area contributed by atoms with Crippen molar-refractivity contribution in [1.29, 1.82) is 0 Å². The summed E-state index contributed by atoms with van der Waals surface area (Å²) in [4.78, 5) is 6.67. The molecule has 0 saturated carbocycles. The lowest BCUT2D eigenvalue weighted by molar-refractivity contribution is 0.157. The molecule has 1 aliphatic heterocycles. The second kappa shape index (κ2) is 12.2. The fraction of sp³-hybridized carbons (Fsp3) is 0.611. The number of guanidine groups is 1. The van der Waals surface area contributed by atoms with Gasteiger partial charge in [-0.1, -0.05) is 6.07 Å². The first-order valence-corrected chi connectivity index (χ1v) is 8.48. The zero-order valence-corrected chi connectivity index (χ0v) is 17.7. The molecule has 25 heavy (non-hydrogen) atoms. The largest absolute Gasteiger partial charge is 0.497 e. The number of nitrogens with zero attached hydrogens (tertiary/aromatic N) is 2. The quantitative estimate of drug-likeness (QED) is 0.278. The molecule has 0 aromatic heterocycles. The van der Waals surface area contributed by atoms with E-state index in [0.29, 0.717) is 12.5 Å². The van der Waals surface area contributed by atoms with Crippen LogP contribution in [-0.4, -0.2) is 65.0 Å². The smallest absolute Gasteiger partial charge is 0.193 e. The molecule has 1 fully saturated rings. The van der Waals surface area contributed by atoms with Gasteiger partial charge in [-0.15, -0.1) is 24.0 Å². The lowest BCUT2D eigenvalue weighted by Crippen LogP contribution is -2.40. The summed E-state index contributed by atoms with van der Waals surface area (Å²) in [6.07, 6.45) is 2.07. The molecule has 7 heteroatoms. The fourth-order valence-electron chi connectivity index (χ4n) is 2.88. The van der Waals surface area contributed by atoms with Gasteiger partial charge in [0.25, 0.3) is 0 Å². The molecule has 142 valence electrons. The van der Waals surface area contributed by atoms with E-state index >= 15 is 0 Å². The van der Waals surface area contributed by atoms with Gasteiger partial charge < -0.3 is 24.4 Å². The van der Waals surface area contributed by atoms with E-state index in [1.807, 2.05) is 31.3 Å². The van der Waals surface area contributed by atoms with Gasteiger partial charge >= 0.3 is 0 Å². The molecule has 1 aromatic carbocycles. The fourth-order valence-corrected chi connectivity index (χ4v) is 2.88. The zero-order chi connectivity index (χ0) is 17.2. The van der Waals surface area contributed by atoms with Gasteiger partial charge in [0, 0.05) is 45.8 Å². The maximum absolute atomic E-state index is 5.75. The summed E-state index contributed by atoms with van der Waals surface area (Å²) >= 11 is 0. The van der Waals surface area contributed by atoms with Crippen LogP contribution in [0.25, 0.3) is 0 Å². The molecule has 1 heterocycles. The number of hydrogen-bond donors (Lipinski definition) is 1. The molecule has 1 saturated heterocycles. The maximum Gasteiger partial charge on any atom is 0.193 e. The monoisotopic (exact) mass is 463 g/mol.